The molecule has 20 heavy (non-hydrogen) atoms. The van der Waals surface area contributed by atoms with Crippen LogP contribution in [0.1, 0.15) is 34.8 Å². The molecule has 0 aliphatic rings. The van der Waals surface area contributed by atoms with Crippen LogP contribution in [0.2, 0.25) is 0 Å². The minimum absolute atomic E-state index is 0.0341. The van der Waals surface area contributed by atoms with Gasteiger partial charge in [0.25, 0.3) is 0 Å². The molecule has 1 heterocycles. The molecular formula is C15H18BrClN2O. The number of hydrogen-bond donors (Lipinski definition) is 0. The summed E-state index contributed by atoms with van der Waals surface area (Å²) in [6, 6.07) is 5.98. The minimum atomic E-state index is -0.0341. The van der Waals surface area contributed by atoms with Crippen molar-refractivity contribution in [2.45, 2.75) is 32.7 Å². The summed E-state index contributed by atoms with van der Waals surface area (Å²) in [5.41, 5.74) is 4.29. The van der Waals surface area contributed by atoms with Crippen LogP contribution in [-0.2, 0) is 6.54 Å². The molecule has 0 bridgehead atoms. The number of hydrogen-bond acceptors (Lipinski definition) is 2. The van der Waals surface area contributed by atoms with Crippen LogP contribution in [-0.4, -0.2) is 16.9 Å². The number of aryl methyl sites for hydroxylation is 1. The van der Waals surface area contributed by atoms with Gasteiger partial charge in [0.2, 0.25) is 0 Å². The van der Waals surface area contributed by atoms with Gasteiger partial charge in [-0.2, -0.15) is 5.10 Å². The number of benzene rings is 1. The molecule has 108 valence electrons. The van der Waals surface area contributed by atoms with E-state index in [1.807, 2.05) is 30.7 Å². The molecule has 0 fully saturated rings. The van der Waals surface area contributed by atoms with Gasteiger partial charge in [-0.15, -0.1) is 11.6 Å². The van der Waals surface area contributed by atoms with Gasteiger partial charge >= 0.3 is 0 Å². The fourth-order valence-corrected chi connectivity index (χ4v) is 3.20. The Labute approximate surface area is 133 Å². The third-order valence-electron chi connectivity index (χ3n) is 3.40. The summed E-state index contributed by atoms with van der Waals surface area (Å²) in [6.45, 7) is 6.69. The van der Waals surface area contributed by atoms with Crippen LogP contribution in [0.4, 0.5) is 0 Å². The molecular weight excluding hydrogens is 340 g/mol. The van der Waals surface area contributed by atoms with Crippen molar-refractivity contribution in [3.63, 3.8) is 0 Å². The molecule has 0 aliphatic heterocycles. The first-order chi connectivity index (χ1) is 9.43. The lowest BCUT2D eigenvalue weighted by atomic mass is 10.1. The first kappa shape index (κ1) is 15.4. The Morgan fingerprint density at radius 3 is 2.65 bits per heavy atom. The molecule has 1 atom stereocenters. The van der Waals surface area contributed by atoms with Gasteiger partial charge in [0.1, 0.15) is 5.75 Å². The highest BCUT2D eigenvalue weighted by atomic mass is 79.9. The Hall–Kier alpha value is -1.00. The van der Waals surface area contributed by atoms with Crippen LogP contribution in [0.3, 0.4) is 0 Å². The maximum atomic E-state index is 6.23. The average Bonchev–Trinajstić information content (AvgIpc) is 2.64. The molecule has 0 amide bonds. The molecule has 5 heteroatoms. The number of nitrogens with zero attached hydrogens (tertiary/aromatic N) is 2. The largest absolute Gasteiger partial charge is 0.496 e. The van der Waals surface area contributed by atoms with Crippen molar-refractivity contribution >= 4 is 27.5 Å². The van der Waals surface area contributed by atoms with Gasteiger partial charge in [-0.05, 0) is 39.0 Å². The maximum Gasteiger partial charge on any atom is 0.124 e. The highest BCUT2D eigenvalue weighted by molar-refractivity contribution is 9.10. The fourth-order valence-electron chi connectivity index (χ4n) is 2.47. The van der Waals surface area contributed by atoms with Crippen LogP contribution in [0.25, 0.3) is 0 Å². The summed E-state index contributed by atoms with van der Waals surface area (Å²) < 4.78 is 8.42. The molecule has 2 aromatic rings. The molecule has 1 unspecified atom stereocenters. The second kappa shape index (κ2) is 6.19. The first-order valence-corrected chi connectivity index (χ1v) is 7.67. The summed E-state index contributed by atoms with van der Waals surface area (Å²) in [5, 5.41) is 4.56. The van der Waals surface area contributed by atoms with Gasteiger partial charge in [-0.1, -0.05) is 15.9 Å². The van der Waals surface area contributed by atoms with Crippen molar-refractivity contribution in [1.82, 2.24) is 9.78 Å². The van der Waals surface area contributed by atoms with E-state index in [4.69, 9.17) is 16.3 Å². The Morgan fingerprint density at radius 1 is 1.40 bits per heavy atom. The van der Waals surface area contributed by atoms with Crippen LogP contribution < -0.4 is 4.74 Å². The van der Waals surface area contributed by atoms with Crippen molar-refractivity contribution in [2.24, 2.45) is 0 Å². The van der Waals surface area contributed by atoms with E-state index >= 15 is 0 Å². The summed E-state index contributed by atoms with van der Waals surface area (Å²) in [6.07, 6.45) is 0. The number of ether oxygens (including phenoxy) is 1. The monoisotopic (exact) mass is 356 g/mol. The van der Waals surface area contributed by atoms with E-state index in [1.165, 1.54) is 0 Å². The zero-order valence-electron chi connectivity index (χ0n) is 12.1. The second-order valence-electron chi connectivity index (χ2n) is 4.81. The van der Waals surface area contributed by atoms with Crippen molar-refractivity contribution in [2.75, 3.05) is 7.11 Å². The van der Waals surface area contributed by atoms with Gasteiger partial charge in [0, 0.05) is 21.3 Å². The van der Waals surface area contributed by atoms with Crippen molar-refractivity contribution in [3.8, 4) is 5.75 Å². The zero-order valence-corrected chi connectivity index (χ0v) is 14.4. The lowest BCUT2D eigenvalue weighted by Gasteiger charge is -2.11. The van der Waals surface area contributed by atoms with Crippen LogP contribution >= 0.6 is 27.5 Å². The molecule has 3 nitrogen and oxygen atoms in total. The smallest absolute Gasteiger partial charge is 0.124 e. The Morgan fingerprint density at radius 2 is 2.10 bits per heavy atom. The van der Waals surface area contributed by atoms with E-state index in [2.05, 4.69) is 34.0 Å². The molecule has 1 aromatic carbocycles. The lowest BCUT2D eigenvalue weighted by molar-refractivity contribution is 0.407. The average molecular weight is 358 g/mol. The first-order valence-electron chi connectivity index (χ1n) is 6.44. The Kier molecular flexibility index (Phi) is 4.76. The van der Waals surface area contributed by atoms with E-state index in [-0.39, 0.29) is 5.38 Å². The fraction of sp³-hybridized carbons (Fsp3) is 0.400. The lowest BCUT2D eigenvalue weighted by Crippen LogP contribution is -2.06. The zero-order chi connectivity index (χ0) is 14.9. The van der Waals surface area contributed by atoms with Crippen molar-refractivity contribution in [3.05, 3.63) is 45.2 Å². The van der Waals surface area contributed by atoms with Crippen LogP contribution in [0.5, 0.6) is 5.75 Å². The molecule has 2 rings (SSSR count). The quantitative estimate of drug-likeness (QED) is 0.747. The van der Waals surface area contributed by atoms with E-state index in [1.54, 1.807) is 7.11 Å². The standard InChI is InChI=1S/C15H18BrClN2O/c1-9(17)15-10(2)18-19(11(15)3)8-12-7-13(16)5-6-14(12)20-4/h5-7,9H,8H2,1-4H3. The predicted octanol–water partition coefficient (Wildman–Crippen LogP) is 4.62. The van der Waals surface area contributed by atoms with E-state index in [0.29, 0.717) is 6.54 Å². The Balaban J connectivity index is 2.40. The Bertz CT molecular complexity index is 623. The molecule has 0 radical (unpaired) electrons. The summed E-state index contributed by atoms with van der Waals surface area (Å²) >= 11 is 9.72. The van der Waals surface area contributed by atoms with Gasteiger partial charge in [-0.3, -0.25) is 4.68 Å². The number of halogens is 2. The van der Waals surface area contributed by atoms with Crippen LogP contribution in [0, 0.1) is 13.8 Å². The third-order valence-corrected chi connectivity index (χ3v) is 4.11. The maximum absolute atomic E-state index is 6.23. The predicted molar refractivity (Wildman–Crippen MR) is 85.8 cm³/mol. The summed E-state index contributed by atoms with van der Waals surface area (Å²) in [5.74, 6) is 0.862. The second-order valence-corrected chi connectivity index (χ2v) is 6.38. The van der Waals surface area contributed by atoms with E-state index < -0.39 is 0 Å². The topological polar surface area (TPSA) is 27.1 Å². The van der Waals surface area contributed by atoms with Crippen molar-refractivity contribution < 1.29 is 4.74 Å². The van der Waals surface area contributed by atoms with Crippen LogP contribution in [0.15, 0.2) is 22.7 Å². The van der Waals surface area contributed by atoms with Crippen molar-refractivity contribution in [1.29, 1.82) is 0 Å². The summed E-state index contributed by atoms with van der Waals surface area (Å²) in [4.78, 5) is 0. The highest BCUT2D eigenvalue weighted by Crippen LogP contribution is 2.28. The third kappa shape index (κ3) is 3.01. The van der Waals surface area contributed by atoms with Gasteiger partial charge in [0.15, 0.2) is 0 Å². The molecule has 0 N–H and O–H groups in total. The number of aromatic nitrogens is 2. The number of methoxy groups -OCH3 is 1. The molecule has 0 spiro atoms. The van der Waals surface area contributed by atoms with Gasteiger partial charge in [0.05, 0.1) is 24.7 Å². The molecule has 1 aromatic heterocycles. The van der Waals surface area contributed by atoms with Gasteiger partial charge < -0.3 is 4.74 Å². The number of alkyl halides is 1. The minimum Gasteiger partial charge on any atom is -0.496 e. The number of rotatable bonds is 4. The SMILES string of the molecule is COc1ccc(Br)cc1Cn1nc(C)c(C(C)Cl)c1C. The van der Waals surface area contributed by atoms with E-state index in [9.17, 15) is 0 Å². The molecule has 0 aliphatic carbocycles. The normalized spacial score (nSPS) is 12.5. The molecule has 0 saturated carbocycles. The summed E-state index contributed by atoms with van der Waals surface area (Å²) in [7, 11) is 1.68. The van der Waals surface area contributed by atoms with Gasteiger partial charge in [-0.25, -0.2) is 0 Å². The highest BCUT2D eigenvalue weighted by Gasteiger charge is 2.16. The van der Waals surface area contributed by atoms with E-state index in [0.717, 1.165) is 32.7 Å². The molecule has 0 saturated heterocycles.